The fraction of sp³-hybridized carbons (Fsp3) is 0.368. The number of aliphatic hydroxyl groups excluding tert-OH is 1. The van der Waals surface area contributed by atoms with Crippen LogP contribution in [0, 0.1) is 17.2 Å². The van der Waals surface area contributed by atoms with Gasteiger partial charge in [0.1, 0.15) is 11.9 Å². The highest BCUT2D eigenvalue weighted by Gasteiger charge is 2.29. The molecule has 2 N–H and O–H groups in total. The zero-order valence-corrected chi connectivity index (χ0v) is 13.6. The van der Waals surface area contributed by atoms with Crippen LogP contribution in [-0.4, -0.2) is 40.7 Å². The van der Waals surface area contributed by atoms with Crippen LogP contribution in [0.1, 0.15) is 17.5 Å². The van der Waals surface area contributed by atoms with Gasteiger partial charge >= 0.3 is 0 Å². The van der Waals surface area contributed by atoms with E-state index in [2.05, 4.69) is 45.5 Å². The number of hydrogen-bond donors (Lipinski definition) is 2. The van der Waals surface area contributed by atoms with Crippen molar-refractivity contribution in [3.8, 4) is 6.07 Å². The molecule has 0 bridgehead atoms. The van der Waals surface area contributed by atoms with Gasteiger partial charge in [0.25, 0.3) is 0 Å². The number of benzene rings is 1. The van der Waals surface area contributed by atoms with Crippen LogP contribution in [0.5, 0.6) is 0 Å². The van der Waals surface area contributed by atoms with Gasteiger partial charge in [0.15, 0.2) is 0 Å². The summed E-state index contributed by atoms with van der Waals surface area (Å²) in [7, 11) is 0. The second kappa shape index (κ2) is 7.91. The van der Waals surface area contributed by atoms with Gasteiger partial charge in [-0.2, -0.15) is 5.26 Å². The molecule has 0 spiro atoms. The molecule has 5 nitrogen and oxygen atoms in total. The summed E-state index contributed by atoms with van der Waals surface area (Å²) < 4.78 is 0. The standard InChI is InChI=1S/C19H22N4O/c20-11-16-7-4-9-21-19(16)22-18-13-23(10-8-17(18)14-24)12-15-5-2-1-3-6-15/h1-7,9,17-18,24H,8,10,12-14H2,(H,21,22)/t17-,18+/m0/s1. The Balaban J connectivity index is 1.71. The van der Waals surface area contributed by atoms with Crippen molar-refractivity contribution in [1.29, 1.82) is 5.26 Å². The maximum Gasteiger partial charge on any atom is 0.144 e. The molecule has 2 atom stereocenters. The first-order valence-electron chi connectivity index (χ1n) is 8.29. The molecule has 2 aromatic rings. The van der Waals surface area contributed by atoms with Crippen LogP contribution in [0.3, 0.4) is 0 Å². The highest BCUT2D eigenvalue weighted by atomic mass is 16.3. The summed E-state index contributed by atoms with van der Waals surface area (Å²) in [5.74, 6) is 0.774. The number of nitrogens with zero attached hydrogens (tertiary/aromatic N) is 3. The number of piperidine rings is 1. The summed E-state index contributed by atoms with van der Waals surface area (Å²) in [6.45, 7) is 2.82. The summed E-state index contributed by atoms with van der Waals surface area (Å²) in [6, 6.07) is 16.2. The van der Waals surface area contributed by atoms with Crippen LogP contribution in [0.2, 0.25) is 0 Å². The molecule has 0 radical (unpaired) electrons. The van der Waals surface area contributed by atoms with Crippen LogP contribution in [-0.2, 0) is 6.54 Å². The summed E-state index contributed by atoms with van der Waals surface area (Å²) in [6.07, 6.45) is 2.61. The Labute approximate surface area is 142 Å². The molecule has 124 valence electrons. The van der Waals surface area contributed by atoms with E-state index in [0.29, 0.717) is 11.4 Å². The molecule has 1 fully saturated rings. The number of anilines is 1. The number of nitriles is 1. The zero-order valence-electron chi connectivity index (χ0n) is 13.6. The fourth-order valence-electron chi connectivity index (χ4n) is 3.22. The second-order valence-corrected chi connectivity index (χ2v) is 6.21. The van der Waals surface area contributed by atoms with Crippen molar-refractivity contribution in [2.75, 3.05) is 25.0 Å². The van der Waals surface area contributed by atoms with Gasteiger partial charge in [-0.25, -0.2) is 4.98 Å². The Hall–Kier alpha value is -2.42. The van der Waals surface area contributed by atoms with Crippen LogP contribution in [0.25, 0.3) is 0 Å². The second-order valence-electron chi connectivity index (χ2n) is 6.21. The quantitative estimate of drug-likeness (QED) is 0.883. The van der Waals surface area contributed by atoms with Crippen molar-refractivity contribution in [3.63, 3.8) is 0 Å². The molecule has 1 saturated heterocycles. The van der Waals surface area contributed by atoms with E-state index in [1.165, 1.54) is 5.56 Å². The highest BCUT2D eigenvalue weighted by molar-refractivity contribution is 5.52. The molecule has 3 rings (SSSR count). The predicted molar refractivity (Wildman–Crippen MR) is 93.3 cm³/mol. The van der Waals surface area contributed by atoms with E-state index in [1.807, 2.05) is 6.07 Å². The fourth-order valence-corrected chi connectivity index (χ4v) is 3.22. The van der Waals surface area contributed by atoms with Crippen LogP contribution in [0.15, 0.2) is 48.7 Å². The van der Waals surface area contributed by atoms with Gasteiger partial charge < -0.3 is 10.4 Å². The Morgan fingerprint density at radius 3 is 2.83 bits per heavy atom. The molecular weight excluding hydrogens is 300 g/mol. The van der Waals surface area contributed by atoms with Crippen molar-refractivity contribution < 1.29 is 5.11 Å². The SMILES string of the molecule is N#Cc1cccnc1N[C@@H]1CN(Cc2ccccc2)CC[C@H]1CO. The minimum absolute atomic E-state index is 0.0782. The summed E-state index contributed by atoms with van der Waals surface area (Å²) in [5.41, 5.74) is 1.82. The van der Waals surface area contributed by atoms with Gasteiger partial charge in [-0.15, -0.1) is 0 Å². The van der Waals surface area contributed by atoms with Crippen molar-refractivity contribution in [2.45, 2.75) is 19.0 Å². The molecule has 0 aliphatic carbocycles. The molecule has 1 aromatic heterocycles. The van der Waals surface area contributed by atoms with Crippen LogP contribution < -0.4 is 5.32 Å². The average molecular weight is 322 g/mol. The molecular formula is C19H22N4O. The Kier molecular flexibility index (Phi) is 5.42. The minimum Gasteiger partial charge on any atom is -0.396 e. The number of likely N-dealkylation sites (tertiary alicyclic amines) is 1. The van der Waals surface area contributed by atoms with Gasteiger partial charge in [-0.1, -0.05) is 30.3 Å². The highest BCUT2D eigenvalue weighted by Crippen LogP contribution is 2.23. The maximum atomic E-state index is 9.70. The van der Waals surface area contributed by atoms with Crippen molar-refractivity contribution in [2.24, 2.45) is 5.92 Å². The summed E-state index contributed by atoms with van der Waals surface area (Å²) in [5, 5.41) is 22.3. The number of aromatic nitrogens is 1. The number of nitrogens with one attached hydrogen (secondary N) is 1. The van der Waals surface area contributed by atoms with E-state index >= 15 is 0 Å². The third-order valence-corrected chi connectivity index (χ3v) is 4.57. The van der Waals surface area contributed by atoms with Gasteiger partial charge in [-0.3, -0.25) is 4.90 Å². The first kappa shape index (κ1) is 16.4. The molecule has 1 aliphatic heterocycles. The number of pyridine rings is 1. The molecule has 0 amide bonds. The lowest BCUT2D eigenvalue weighted by molar-refractivity contribution is 0.115. The number of aliphatic hydroxyl groups is 1. The van der Waals surface area contributed by atoms with Crippen molar-refractivity contribution in [3.05, 3.63) is 59.8 Å². The van der Waals surface area contributed by atoms with Crippen molar-refractivity contribution in [1.82, 2.24) is 9.88 Å². The monoisotopic (exact) mass is 322 g/mol. The smallest absolute Gasteiger partial charge is 0.144 e. The number of hydrogen-bond acceptors (Lipinski definition) is 5. The lowest BCUT2D eigenvalue weighted by atomic mass is 9.91. The molecule has 0 unspecified atom stereocenters. The van der Waals surface area contributed by atoms with Gasteiger partial charge in [-0.05, 0) is 30.7 Å². The van der Waals surface area contributed by atoms with Gasteiger partial charge in [0, 0.05) is 37.9 Å². The summed E-state index contributed by atoms with van der Waals surface area (Å²) >= 11 is 0. The first-order valence-corrected chi connectivity index (χ1v) is 8.29. The van der Waals surface area contributed by atoms with E-state index in [4.69, 9.17) is 0 Å². The zero-order chi connectivity index (χ0) is 16.8. The molecule has 0 saturated carbocycles. The predicted octanol–water partition coefficient (Wildman–Crippen LogP) is 2.25. The van der Waals surface area contributed by atoms with E-state index in [-0.39, 0.29) is 18.6 Å². The lowest BCUT2D eigenvalue weighted by Gasteiger charge is -2.38. The van der Waals surface area contributed by atoms with E-state index < -0.39 is 0 Å². The average Bonchev–Trinajstić information content (AvgIpc) is 2.63. The third-order valence-electron chi connectivity index (χ3n) is 4.57. The van der Waals surface area contributed by atoms with E-state index in [9.17, 15) is 10.4 Å². The van der Waals surface area contributed by atoms with Crippen molar-refractivity contribution >= 4 is 5.82 Å². The molecule has 24 heavy (non-hydrogen) atoms. The van der Waals surface area contributed by atoms with Gasteiger partial charge in [0.2, 0.25) is 0 Å². The Bertz CT molecular complexity index is 698. The normalized spacial score (nSPS) is 21.2. The minimum atomic E-state index is 0.0782. The lowest BCUT2D eigenvalue weighted by Crippen LogP contribution is -2.48. The van der Waals surface area contributed by atoms with E-state index in [0.717, 1.165) is 26.1 Å². The van der Waals surface area contributed by atoms with Crippen LogP contribution >= 0.6 is 0 Å². The Morgan fingerprint density at radius 1 is 1.25 bits per heavy atom. The topological polar surface area (TPSA) is 72.2 Å². The summed E-state index contributed by atoms with van der Waals surface area (Å²) in [4.78, 5) is 6.67. The molecule has 1 aliphatic rings. The maximum absolute atomic E-state index is 9.70. The van der Waals surface area contributed by atoms with Crippen LogP contribution in [0.4, 0.5) is 5.82 Å². The van der Waals surface area contributed by atoms with Gasteiger partial charge in [0.05, 0.1) is 5.56 Å². The van der Waals surface area contributed by atoms with E-state index in [1.54, 1.807) is 18.3 Å². The third kappa shape index (κ3) is 3.91. The first-order chi connectivity index (χ1) is 11.8. The Morgan fingerprint density at radius 2 is 2.08 bits per heavy atom. The molecule has 1 aromatic carbocycles. The number of rotatable bonds is 5. The largest absolute Gasteiger partial charge is 0.396 e. The molecule has 5 heteroatoms. The molecule has 2 heterocycles.